The van der Waals surface area contributed by atoms with Crippen LogP contribution in [-0.4, -0.2) is 29.9 Å². The van der Waals surface area contributed by atoms with E-state index in [1.807, 2.05) is 0 Å². The minimum atomic E-state index is -1.03. The van der Waals surface area contributed by atoms with Gasteiger partial charge in [0.15, 0.2) is 0 Å². The number of hydrazone groups is 1. The lowest BCUT2D eigenvalue weighted by molar-refractivity contribution is -0.136. The molecule has 0 unspecified atom stereocenters. The number of hydrogen-bond donors (Lipinski definition) is 3. The highest BCUT2D eigenvalue weighted by Gasteiger charge is 2.18. The van der Waals surface area contributed by atoms with Crippen LogP contribution in [0.25, 0.3) is 0 Å². The smallest absolute Gasteiger partial charge is 0.343 e. The van der Waals surface area contributed by atoms with E-state index in [0.29, 0.717) is 22.6 Å². The van der Waals surface area contributed by atoms with Crippen molar-refractivity contribution >= 4 is 57.2 Å². The van der Waals surface area contributed by atoms with Crippen molar-refractivity contribution in [1.29, 1.82) is 0 Å². The molecule has 4 aromatic carbocycles. The van der Waals surface area contributed by atoms with E-state index in [0.717, 1.165) is 4.47 Å². The molecule has 4 rings (SSSR count). The first-order valence-corrected chi connectivity index (χ1v) is 12.4. The number of nitrogens with zero attached hydrogens (tertiary/aromatic N) is 1. The molecule has 0 aromatic heterocycles. The lowest BCUT2D eigenvalue weighted by Gasteiger charge is -2.11. The quantitative estimate of drug-likeness (QED) is 0.0925. The number of hydrogen-bond acceptors (Lipinski definition) is 6. The van der Waals surface area contributed by atoms with Crippen LogP contribution in [-0.2, 0) is 9.59 Å². The maximum Gasteiger partial charge on any atom is 0.343 e. The van der Waals surface area contributed by atoms with Crippen molar-refractivity contribution < 1.29 is 23.9 Å². The van der Waals surface area contributed by atoms with E-state index in [4.69, 9.17) is 4.74 Å². The number of amides is 3. The number of anilines is 2. The number of esters is 1. The lowest BCUT2D eigenvalue weighted by atomic mass is 10.1. The number of carbonyl (C=O) groups is 4. The zero-order valence-corrected chi connectivity index (χ0v) is 21.8. The van der Waals surface area contributed by atoms with Gasteiger partial charge in [-0.1, -0.05) is 46.3 Å². The van der Waals surface area contributed by atoms with Crippen molar-refractivity contribution in [3.63, 3.8) is 0 Å². The molecule has 0 fully saturated rings. The molecule has 0 heterocycles. The molecule has 0 spiro atoms. The van der Waals surface area contributed by atoms with Gasteiger partial charge >= 0.3 is 17.8 Å². The predicted molar refractivity (Wildman–Crippen MR) is 151 cm³/mol. The summed E-state index contributed by atoms with van der Waals surface area (Å²) in [5.74, 6) is -2.62. The topological polar surface area (TPSA) is 126 Å². The second kappa shape index (κ2) is 12.9. The molecule has 0 aliphatic heterocycles. The molecule has 194 valence electrons. The Labute approximate surface area is 232 Å². The summed E-state index contributed by atoms with van der Waals surface area (Å²) in [5, 5.41) is 8.96. The van der Waals surface area contributed by atoms with Crippen LogP contribution >= 0.6 is 15.9 Å². The number of nitrogens with one attached hydrogen (secondary N) is 3. The second-order valence-corrected chi connectivity index (χ2v) is 8.90. The van der Waals surface area contributed by atoms with Gasteiger partial charge in [0.1, 0.15) is 5.75 Å². The van der Waals surface area contributed by atoms with Crippen LogP contribution in [0.4, 0.5) is 11.4 Å². The van der Waals surface area contributed by atoms with E-state index in [2.05, 4.69) is 37.1 Å². The first-order chi connectivity index (χ1) is 18.9. The monoisotopic (exact) mass is 584 g/mol. The molecule has 0 radical (unpaired) electrons. The van der Waals surface area contributed by atoms with Crippen LogP contribution in [0, 0.1) is 0 Å². The molecular weight excluding hydrogens is 564 g/mol. The predicted octanol–water partition coefficient (Wildman–Crippen LogP) is 5.01. The maximum atomic E-state index is 12.7. The summed E-state index contributed by atoms with van der Waals surface area (Å²) in [5.41, 5.74) is 4.07. The van der Waals surface area contributed by atoms with Gasteiger partial charge in [-0.05, 0) is 78.4 Å². The van der Waals surface area contributed by atoms with E-state index in [1.54, 1.807) is 91.0 Å². The van der Waals surface area contributed by atoms with Gasteiger partial charge in [0.2, 0.25) is 0 Å². The van der Waals surface area contributed by atoms with E-state index in [9.17, 15) is 19.2 Å². The Bertz CT molecular complexity index is 1520. The molecule has 0 aliphatic rings. The summed E-state index contributed by atoms with van der Waals surface area (Å²) in [6, 6.07) is 28.3. The van der Waals surface area contributed by atoms with Crippen molar-refractivity contribution in [3.05, 3.63) is 124 Å². The van der Waals surface area contributed by atoms with Crippen LogP contribution < -0.4 is 20.8 Å². The Morgan fingerprint density at radius 1 is 0.718 bits per heavy atom. The Hall–Kier alpha value is -5.09. The molecule has 10 heteroatoms. The first-order valence-electron chi connectivity index (χ1n) is 11.6. The summed E-state index contributed by atoms with van der Waals surface area (Å²) < 4.78 is 6.18. The maximum absolute atomic E-state index is 12.7. The molecule has 0 atom stereocenters. The van der Waals surface area contributed by atoms with Crippen LogP contribution in [0.1, 0.15) is 26.3 Å². The van der Waals surface area contributed by atoms with Gasteiger partial charge in [-0.25, -0.2) is 10.2 Å². The van der Waals surface area contributed by atoms with E-state index in [-0.39, 0.29) is 11.3 Å². The lowest BCUT2D eigenvalue weighted by Crippen LogP contribution is -2.33. The van der Waals surface area contributed by atoms with Gasteiger partial charge in [-0.3, -0.25) is 14.4 Å². The molecule has 0 saturated carbocycles. The van der Waals surface area contributed by atoms with E-state index >= 15 is 0 Å². The molecule has 3 amide bonds. The van der Waals surface area contributed by atoms with Crippen molar-refractivity contribution in [2.45, 2.75) is 0 Å². The Kier molecular flexibility index (Phi) is 8.94. The number of para-hydroxylation sites is 1. The summed E-state index contributed by atoms with van der Waals surface area (Å²) in [7, 11) is 0. The SMILES string of the molecule is O=C(N/N=C/c1ccc(OC(=O)c2ccccc2)cc1)C(=O)Nc1ccccc1C(=O)Nc1ccc(Br)cc1. The third-order valence-electron chi connectivity index (χ3n) is 5.21. The van der Waals surface area contributed by atoms with Gasteiger partial charge in [-0.2, -0.15) is 5.10 Å². The fourth-order valence-corrected chi connectivity index (χ4v) is 3.54. The number of halogens is 1. The highest BCUT2D eigenvalue weighted by molar-refractivity contribution is 9.10. The van der Waals surface area contributed by atoms with Gasteiger partial charge in [-0.15, -0.1) is 0 Å². The van der Waals surface area contributed by atoms with Gasteiger partial charge < -0.3 is 15.4 Å². The number of carbonyl (C=O) groups excluding carboxylic acids is 4. The van der Waals surface area contributed by atoms with Crippen LogP contribution in [0.5, 0.6) is 5.75 Å². The molecule has 0 bridgehead atoms. The second-order valence-electron chi connectivity index (χ2n) is 7.98. The van der Waals surface area contributed by atoms with Gasteiger partial charge in [0.25, 0.3) is 5.91 Å². The minimum absolute atomic E-state index is 0.164. The fourth-order valence-electron chi connectivity index (χ4n) is 3.28. The zero-order valence-electron chi connectivity index (χ0n) is 20.3. The third kappa shape index (κ3) is 7.70. The summed E-state index contributed by atoms with van der Waals surface area (Å²) in [4.78, 5) is 49.5. The fraction of sp³-hybridized carbons (Fsp3) is 0. The van der Waals surface area contributed by atoms with Crippen molar-refractivity contribution in [2.24, 2.45) is 5.10 Å². The highest BCUT2D eigenvalue weighted by Crippen LogP contribution is 2.19. The average molecular weight is 585 g/mol. The number of rotatable bonds is 7. The Morgan fingerprint density at radius 3 is 2.10 bits per heavy atom. The van der Waals surface area contributed by atoms with Crippen molar-refractivity contribution in [1.82, 2.24) is 5.43 Å². The molecular formula is C29H21BrN4O5. The molecule has 3 N–H and O–H groups in total. The average Bonchev–Trinajstić information content (AvgIpc) is 2.95. The van der Waals surface area contributed by atoms with Crippen molar-refractivity contribution in [3.8, 4) is 5.75 Å². The Balaban J connectivity index is 1.30. The largest absolute Gasteiger partial charge is 0.423 e. The van der Waals surface area contributed by atoms with Crippen molar-refractivity contribution in [2.75, 3.05) is 10.6 Å². The van der Waals surface area contributed by atoms with Crippen LogP contribution in [0.3, 0.4) is 0 Å². The molecule has 39 heavy (non-hydrogen) atoms. The summed E-state index contributed by atoms with van der Waals surface area (Å²) >= 11 is 3.33. The number of ether oxygens (including phenoxy) is 1. The third-order valence-corrected chi connectivity index (χ3v) is 5.74. The standard InChI is InChI=1S/C29H21BrN4O5/c30-21-12-14-22(15-13-21)32-26(35)24-8-4-5-9-25(24)33-27(36)28(37)34-31-18-19-10-16-23(17-11-19)39-29(38)20-6-2-1-3-7-20/h1-18H,(H,32,35)(H,33,36)(H,34,37)/b31-18+. The minimum Gasteiger partial charge on any atom is -0.423 e. The Morgan fingerprint density at radius 2 is 1.38 bits per heavy atom. The summed E-state index contributed by atoms with van der Waals surface area (Å²) in [6.07, 6.45) is 1.33. The van der Waals surface area contributed by atoms with Gasteiger partial charge in [0, 0.05) is 10.2 Å². The zero-order chi connectivity index (χ0) is 27.6. The van der Waals surface area contributed by atoms with Gasteiger partial charge in [0.05, 0.1) is 23.0 Å². The molecule has 0 aliphatic carbocycles. The normalized spacial score (nSPS) is 10.5. The summed E-state index contributed by atoms with van der Waals surface area (Å²) in [6.45, 7) is 0. The molecule has 4 aromatic rings. The molecule has 0 saturated heterocycles. The number of benzene rings is 4. The highest BCUT2D eigenvalue weighted by atomic mass is 79.9. The van der Waals surface area contributed by atoms with E-state index in [1.165, 1.54) is 18.3 Å². The van der Waals surface area contributed by atoms with Crippen LogP contribution in [0.15, 0.2) is 113 Å². The van der Waals surface area contributed by atoms with Crippen LogP contribution in [0.2, 0.25) is 0 Å². The molecule has 9 nitrogen and oxygen atoms in total. The van der Waals surface area contributed by atoms with E-state index < -0.39 is 23.7 Å². The first kappa shape index (κ1) is 27.0.